The number of carbonyl (C=O) groups is 2. The van der Waals surface area contributed by atoms with Crippen LogP contribution in [0.1, 0.15) is 22.2 Å². The van der Waals surface area contributed by atoms with Gasteiger partial charge in [-0.2, -0.15) is 5.10 Å². The Morgan fingerprint density at radius 3 is 2.86 bits per heavy atom. The van der Waals surface area contributed by atoms with E-state index in [4.69, 9.17) is 0 Å². The summed E-state index contributed by atoms with van der Waals surface area (Å²) in [6, 6.07) is 2.97. The molecule has 0 spiro atoms. The van der Waals surface area contributed by atoms with Crippen LogP contribution >= 0.6 is 11.3 Å². The zero-order valence-corrected chi connectivity index (χ0v) is 13.1. The fourth-order valence-corrected chi connectivity index (χ4v) is 2.60. The second-order valence-electron chi connectivity index (χ2n) is 4.89. The molecule has 21 heavy (non-hydrogen) atoms. The second kappa shape index (κ2) is 6.53. The van der Waals surface area contributed by atoms with Crippen molar-refractivity contribution >= 4 is 23.2 Å². The van der Waals surface area contributed by atoms with Gasteiger partial charge in [0.05, 0.1) is 11.1 Å². The molecular weight excluding hydrogens is 288 g/mol. The van der Waals surface area contributed by atoms with E-state index in [0.717, 1.165) is 5.56 Å². The molecule has 2 amide bonds. The largest absolute Gasteiger partial charge is 0.340 e. The second-order valence-corrected chi connectivity index (χ2v) is 5.84. The van der Waals surface area contributed by atoms with E-state index >= 15 is 0 Å². The van der Waals surface area contributed by atoms with Crippen LogP contribution in [0.15, 0.2) is 29.9 Å². The Kier molecular flexibility index (Phi) is 4.74. The Balaban J connectivity index is 1.90. The first-order valence-electron chi connectivity index (χ1n) is 6.54. The van der Waals surface area contributed by atoms with Gasteiger partial charge in [-0.05, 0) is 18.4 Å². The standard InChI is InChI=1S/C14H18N4O2S/c1-10(16-13(19)12-5-4-6-21-12)14(20)17(2)8-11-7-15-18(3)9-11/h4-7,9-10H,8H2,1-3H3,(H,16,19). The highest BCUT2D eigenvalue weighted by Gasteiger charge is 2.20. The van der Waals surface area contributed by atoms with Crippen LogP contribution in [0.4, 0.5) is 0 Å². The van der Waals surface area contributed by atoms with Crippen molar-refractivity contribution in [1.82, 2.24) is 20.0 Å². The molecule has 1 atom stereocenters. The van der Waals surface area contributed by atoms with E-state index in [1.54, 1.807) is 41.9 Å². The molecule has 0 saturated heterocycles. The van der Waals surface area contributed by atoms with Crippen LogP contribution in [0.25, 0.3) is 0 Å². The third-order valence-corrected chi connectivity index (χ3v) is 3.89. The third-order valence-electron chi connectivity index (χ3n) is 3.02. The van der Waals surface area contributed by atoms with Gasteiger partial charge < -0.3 is 10.2 Å². The van der Waals surface area contributed by atoms with E-state index in [0.29, 0.717) is 11.4 Å². The maximum Gasteiger partial charge on any atom is 0.261 e. The average molecular weight is 306 g/mol. The number of aryl methyl sites for hydroxylation is 1. The summed E-state index contributed by atoms with van der Waals surface area (Å²) in [4.78, 5) is 26.3. The highest BCUT2D eigenvalue weighted by atomic mass is 32.1. The van der Waals surface area contributed by atoms with Gasteiger partial charge in [-0.1, -0.05) is 6.07 Å². The summed E-state index contributed by atoms with van der Waals surface area (Å²) >= 11 is 1.35. The van der Waals surface area contributed by atoms with Gasteiger partial charge in [0.1, 0.15) is 6.04 Å². The van der Waals surface area contributed by atoms with E-state index in [-0.39, 0.29) is 11.8 Å². The van der Waals surface area contributed by atoms with Crippen molar-refractivity contribution in [2.24, 2.45) is 7.05 Å². The van der Waals surface area contributed by atoms with Gasteiger partial charge in [-0.25, -0.2) is 0 Å². The summed E-state index contributed by atoms with van der Waals surface area (Å²) in [6.07, 6.45) is 3.58. The van der Waals surface area contributed by atoms with Gasteiger partial charge in [-0.15, -0.1) is 11.3 Å². The molecule has 0 aliphatic heterocycles. The van der Waals surface area contributed by atoms with E-state index < -0.39 is 6.04 Å². The van der Waals surface area contributed by atoms with Crippen LogP contribution in [0, 0.1) is 0 Å². The van der Waals surface area contributed by atoms with Crippen LogP contribution in [0.2, 0.25) is 0 Å². The SMILES string of the molecule is CC(NC(=O)c1cccs1)C(=O)N(C)Cc1cnn(C)c1. The molecule has 1 N–H and O–H groups in total. The third kappa shape index (κ3) is 3.91. The molecule has 112 valence electrons. The van der Waals surface area contributed by atoms with Crippen molar-refractivity contribution in [3.63, 3.8) is 0 Å². The van der Waals surface area contributed by atoms with Crippen molar-refractivity contribution in [1.29, 1.82) is 0 Å². The van der Waals surface area contributed by atoms with Crippen LogP contribution in [0.5, 0.6) is 0 Å². The summed E-state index contributed by atoms with van der Waals surface area (Å²) in [5.74, 6) is -0.357. The molecule has 0 radical (unpaired) electrons. The van der Waals surface area contributed by atoms with Gasteiger partial charge >= 0.3 is 0 Å². The maximum absolute atomic E-state index is 12.2. The number of nitrogens with zero attached hydrogens (tertiary/aromatic N) is 3. The minimum Gasteiger partial charge on any atom is -0.340 e. The van der Waals surface area contributed by atoms with Crippen molar-refractivity contribution in [3.05, 3.63) is 40.3 Å². The molecule has 1 unspecified atom stereocenters. The number of likely N-dealkylation sites (N-methyl/N-ethyl adjacent to an activating group) is 1. The number of hydrogen-bond acceptors (Lipinski definition) is 4. The summed E-state index contributed by atoms with van der Waals surface area (Å²) in [5.41, 5.74) is 0.949. The molecule has 2 aromatic heterocycles. The lowest BCUT2D eigenvalue weighted by atomic mass is 10.2. The molecule has 0 aliphatic rings. The van der Waals surface area contributed by atoms with E-state index in [2.05, 4.69) is 10.4 Å². The van der Waals surface area contributed by atoms with Crippen molar-refractivity contribution in [3.8, 4) is 0 Å². The van der Waals surface area contributed by atoms with Crippen molar-refractivity contribution in [2.75, 3.05) is 7.05 Å². The zero-order chi connectivity index (χ0) is 15.4. The minimum atomic E-state index is -0.568. The number of thiophene rings is 1. The Morgan fingerprint density at radius 1 is 1.52 bits per heavy atom. The summed E-state index contributed by atoms with van der Waals surface area (Å²) in [6.45, 7) is 2.15. The molecule has 0 aromatic carbocycles. The number of amides is 2. The smallest absolute Gasteiger partial charge is 0.261 e. The van der Waals surface area contributed by atoms with E-state index in [1.807, 2.05) is 18.6 Å². The average Bonchev–Trinajstić information content (AvgIpc) is 3.09. The quantitative estimate of drug-likeness (QED) is 0.904. The van der Waals surface area contributed by atoms with Crippen molar-refractivity contribution in [2.45, 2.75) is 19.5 Å². The van der Waals surface area contributed by atoms with Crippen molar-refractivity contribution < 1.29 is 9.59 Å². The fourth-order valence-electron chi connectivity index (χ4n) is 1.97. The van der Waals surface area contributed by atoms with Crippen LogP contribution < -0.4 is 5.32 Å². The molecule has 2 heterocycles. The lowest BCUT2D eigenvalue weighted by molar-refractivity contribution is -0.132. The number of rotatable bonds is 5. The number of aromatic nitrogens is 2. The number of hydrogen-bond donors (Lipinski definition) is 1. The first kappa shape index (κ1) is 15.2. The molecular formula is C14H18N4O2S. The lowest BCUT2D eigenvalue weighted by Gasteiger charge is -2.21. The Labute approximate surface area is 127 Å². The van der Waals surface area contributed by atoms with Crippen LogP contribution in [-0.2, 0) is 18.4 Å². The van der Waals surface area contributed by atoms with Crippen LogP contribution in [0.3, 0.4) is 0 Å². The number of carbonyl (C=O) groups excluding carboxylic acids is 2. The molecule has 6 nitrogen and oxygen atoms in total. The molecule has 0 saturated carbocycles. The minimum absolute atomic E-state index is 0.135. The predicted molar refractivity (Wildman–Crippen MR) is 80.9 cm³/mol. The molecule has 0 bridgehead atoms. The van der Waals surface area contributed by atoms with Gasteiger partial charge in [0.2, 0.25) is 5.91 Å². The van der Waals surface area contributed by atoms with Gasteiger partial charge in [0.25, 0.3) is 5.91 Å². The molecule has 0 fully saturated rings. The molecule has 2 aromatic rings. The normalized spacial score (nSPS) is 12.0. The Hall–Kier alpha value is -2.15. The molecule has 2 rings (SSSR count). The van der Waals surface area contributed by atoms with Gasteiger partial charge in [-0.3, -0.25) is 14.3 Å². The lowest BCUT2D eigenvalue weighted by Crippen LogP contribution is -2.45. The Morgan fingerprint density at radius 2 is 2.29 bits per heavy atom. The highest BCUT2D eigenvalue weighted by molar-refractivity contribution is 7.12. The molecule has 0 aliphatic carbocycles. The van der Waals surface area contributed by atoms with E-state index in [1.165, 1.54) is 11.3 Å². The first-order chi connectivity index (χ1) is 9.97. The van der Waals surface area contributed by atoms with Gasteiger partial charge in [0.15, 0.2) is 0 Å². The molecule has 7 heteroatoms. The fraction of sp³-hybridized carbons (Fsp3) is 0.357. The summed E-state index contributed by atoms with van der Waals surface area (Å²) in [7, 11) is 3.54. The number of nitrogens with one attached hydrogen (secondary N) is 1. The van der Waals surface area contributed by atoms with E-state index in [9.17, 15) is 9.59 Å². The predicted octanol–water partition coefficient (Wildman–Crippen LogP) is 1.26. The Bertz CT molecular complexity index is 621. The first-order valence-corrected chi connectivity index (χ1v) is 7.42. The maximum atomic E-state index is 12.2. The highest BCUT2D eigenvalue weighted by Crippen LogP contribution is 2.09. The summed E-state index contributed by atoms with van der Waals surface area (Å²) in [5, 5.41) is 8.61. The topological polar surface area (TPSA) is 67.2 Å². The summed E-state index contributed by atoms with van der Waals surface area (Å²) < 4.78 is 1.69. The zero-order valence-electron chi connectivity index (χ0n) is 12.2. The van der Waals surface area contributed by atoms with Gasteiger partial charge in [0, 0.05) is 32.4 Å². The van der Waals surface area contributed by atoms with Crippen LogP contribution in [-0.4, -0.2) is 39.6 Å². The monoisotopic (exact) mass is 306 g/mol.